The number of aryl methyl sites for hydroxylation is 2. The Morgan fingerprint density at radius 3 is 2.96 bits per heavy atom. The molecule has 134 valence electrons. The molecule has 0 amide bonds. The first-order valence-electron chi connectivity index (χ1n) is 8.13. The van der Waals surface area contributed by atoms with Gasteiger partial charge in [0.2, 0.25) is 0 Å². The van der Waals surface area contributed by atoms with Crippen molar-refractivity contribution in [1.29, 1.82) is 0 Å². The minimum atomic E-state index is -0.581. The molecule has 7 nitrogen and oxygen atoms in total. The standard InChI is InChI=1S/C17H15N3O4S2/c1-19-16(21)14-11-4-2-3-5-12(11)26-15(14)18-17(19)25-9-8-10-6-7-13(24-10)20(22)23/h6-9H,2-5H2,1H3/b9-8+. The third kappa shape index (κ3) is 2.97. The predicted molar refractivity (Wildman–Crippen MR) is 102 cm³/mol. The number of thiophene rings is 1. The van der Waals surface area contributed by atoms with Gasteiger partial charge in [-0.25, -0.2) is 4.98 Å². The lowest BCUT2D eigenvalue weighted by Crippen LogP contribution is -2.20. The van der Waals surface area contributed by atoms with Crippen LogP contribution in [0.4, 0.5) is 5.88 Å². The second-order valence-corrected chi connectivity index (χ2v) is 7.96. The first-order valence-corrected chi connectivity index (χ1v) is 9.83. The van der Waals surface area contributed by atoms with E-state index in [1.54, 1.807) is 34.4 Å². The van der Waals surface area contributed by atoms with Crippen LogP contribution in [0.1, 0.15) is 29.0 Å². The topological polar surface area (TPSA) is 91.2 Å². The third-order valence-corrected chi connectivity index (χ3v) is 6.39. The molecule has 1 aliphatic carbocycles. The van der Waals surface area contributed by atoms with Gasteiger partial charge in [-0.15, -0.1) is 11.3 Å². The lowest BCUT2D eigenvalue weighted by molar-refractivity contribution is -0.402. The van der Waals surface area contributed by atoms with E-state index in [2.05, 4.69) is 4.98 Å². The normalized spacial score (nSPS) is 14.2. The zero-order chi connectivity index (χ0) is 18.3. The van der Waals surface area contributed by atoms with Crippen molar-refractivity contribution < 1.29 is 9.34 Å². The van der Waals surface area contributed by atoms with E-state index < -0.39 is 4.92 Å². The number of hydrogen-bond donors (Lipinski definition) is 0. The summed E-state index contributed by atoms with van der Waals surface area (Å²) in [4.78, 5) is 29.6. The van der Waals surface area contributed by atoms with Crippen molar-refractivity contribution in [2.24, 2.45) is 7.05 Å². The summed E-state index contributed by atoms with van der Waals surface area (Å²) in [7, 11) is 1.72. The Hall–Kier alpha value is -2.39. The van der Waals surface area contributed by atoms with E-state index in [1.807, 2.05) is 0 Å². The maximum Gasteiger partial charge on any atom is 0.433 e. The summed E-state index contributed by atoms with van der Waals surface area (Å²) >= 11 is 2.90. The number of hydrogen-bond acceptors (Lipinski definition) is 7. The molecule has 0 fully saturated rings. The van der Waals surface area contributed by atoms with Crippen molar-refractivity contribution in [1.82, 2.24) is 9.55 Å². The van der Waals surface area contributed by atoms with Gasteiger partial charge in [-0.3, -0.25) is 19.5 Å². The van der Waals surface area contributed by atoms with E-state index in [0.717, 1.165) is 29.5 Å². The number of aromatic nitrogens is 2. The van der Waals surface area contributed by atoms with Crippen LogP contribution in [0.2, 0.25) is 0 Å². The highest BCUT2D eigenvalue weighted by Crippen LogP contribution is 2.34. The average molecular weight is 389 g/mol. The van der Waals surface area contributed by atoms with Crippen LogP contribution in [0.3, 0.4) is 0 Å². The second-order valence-electron chi connectivity index (χ2n) is 6.00. The van der Waals surface area contributed by atoms with Gasteiger partial charge in [-0.05, 0) is 48.8 Å². The van der Waals surface area contributed by atoms with Crippen molar-refractivity contribution in [3.8, 4) is 0 Å². The number of nitrogens with zero attached hydrogens (tertiary/aromatic N) is 3. The SMILES string of the molecule is Cn1c(S/C=C/c2ccc([N+](=O)[O-])o2)nc2sc3c(c2c1=O)CCCC3. The molecule has 0 aliphatic heterocycles. The monoisotopic (exact) mass is 389 g/mol. The number of furan rings is 1. The number of thioether (sulfide) groups is 1. The maximum atomic E-state index is 12.8. The molecule has 9 heteroatoms. The smallest absolute Gasteiger partial charge is 0.401 e. The predicted octanol–water partition coefficient (Wildman–Crippen LogP) is 4.14. The summed E-state index contributed by atoms with van der Waals surface area (Å²) in [6.45, 7) is 0. The van der Waals surface area contributed by atoms with E-state index in [-0.39, 0.29) is 11.4 Å². The van der Waals surface area contributed by atoms with E-state index in [4.69, 9.17) is 4.42 Å². The summed E-state index contributed by atoms with van der Waals surface area (Å²) in [6.07, 6.45) is 5.89. The lowest BCUT2D eigenvalue weighted by atomic mass is 9.97. The van der Waals surface area contributed by atoms with E-state index in [1.165, 1.54) is 40.8 Å². The van der Waals surface area contributed by atoms with Gasteiger partial charge in [0.05, 0.1) is 11.5 Å². The molecule has 3 aromatic rings. The Kier molecular flexibility index (Phi) is 4.41. The van der Waals surface area contributed by atoms with Crippen LogP contribution >= 0.6 is 23.1 Å². The molecule has 0 N–H and O–H groups in total. The lowest BCUT2D eigenvalue weighted by Gasteiger charge is -2.10. The Bertz CT molecular complexity index is 1090. The Balaban J connectivity index is 1.64. The highest BCUT2D eigenvalue weighted by Gasteiger charge is 2.21. The Morgan fingerprint density at radius 1 is 1.38 bits per heavy atom. The first kappa shape index (κ1) is 17.0. The van der Waals surface area contributed by atoms with Gasteiger partial charge in [0.25, 0.3) is 5.56 Å². The van der Waals surface area contributed by atoms with E-state index >= 15 is 0 Å². The van der Waals surface area contributed by atoms with Gasteiger partial charge in [0.1, 0.15) is 15.5 Å². The summed E-state index contributed by atoms with van der Waals surface area (Å²) in [6, 6.07) is 2.83. The molecule has 0 unspecified atom stereocenters. The molecule has 26 heavy (non-hydrogen) atoms. The van der Waals surface area contributed by atoms with Crippen molar-refractivity contribution in [3.63, 3.8) is 0 Å². The fraction of sp³-hybridized carbons (Fsp3) is 0.294. The van der Waals surface area contributed by atoms with Gasteiger partial charge < -0.3 is 4.42 Å². The molecular formula is C17H15N3O4S2. The Morgan fingerprint density at radius 2 is 2.19 bits per heavy atom. The van der Waals surface area contributed by atoms with Gasteiger partial charge in [-0.1, -0.05) is 11.8 Å². The largest absolute Gasteiger partial charge is 0.433 e. The minimum absolute atomic E-state index is 0.0149. The van der Waals surface area contributed by atoms with E-state index in [9.17, 15) is 14.9 Å². The summed E-state index contributed by atoms with van der Waals surface area (Å²) < 4.78 is 6.64. The molecule has 0 bridgehead atoms. The van der Waals surface area contributed by atoms with Gasteiger partial charge in [0, 0.05) is 11.9 Å². The van der Waals surface area contributed by atoms with Crippen molar-refractivity contribution in [3.05, 3.63) is 54.2 Å². The van der Waals surface area contributed by atoms with Crippen molar-refractivity contribution in [2.75, 3.05) is 0 Å². The van der Waals surface area contributed by atoms with Crippen molar-refractivity contribution >= 4 is 45.3 Å². The summed E-state index contributed by atoms with van der Waals surface area (Å²) in [5.74, 6) is 0.0765. The van der Waals surface area contributed by atoms with Crippen LogP contribution in [0.15, 0.2) is 31.9 Å². The summed E-state index contributed by atoms with van der Waals surface area (Å²) in [5.41, 5.74) is 1.17. The van der Waals surface area contributed by atoms with Crippen LogP contribution in [-0.4, -0.2) is 14.5 Å². The Labute approximate surface area is 156 Å². The van der Waals surface area contributed by atoms with Crippen LogP contribution < -0.4 is 5.56 Å². The molecule has 0 aromatic carbocycles. The number of fused-ring (bicyclic) bond motifs is 3. The molecule has 3 heterocycles. The molecule has 0 spiro atoms. The fourth-order valence-electron chi connectivity index (χ4n) is 3.06. The zero-order valence-corrected chi connectivity index (χ0v) is 15.6. The highest BCUT2D eigenvalue weighted by atomic mass is 32.2. The zero-order valence-electron chi connectivity index (χ0n) is 13.9. The van der Waals surface area contributed by atoms with Crippen LogP contribution in [0.5, 0.6) is 0 Å². The fourth-order valence-corrected chi connectivity index (χ4v) is 5.08. The molecule has 0 saturated heterocycles. The van der Waals surface area contributed by atoms with Gasteiger partial charge in [-0.2, -0.15) is 0 Å². The minimum Gasteiger partial charge on any atom is -0.401 e. The van der Waals surface area contributed by atoms with Crippen LogP contribution in [-0.2, 0) is 19.9 Å². The van der Waals surface area contributed by atoms with Crippen molar-refractivity contribution in [2.45, 2.75) is 30.8 Å². The molecule has 0 atom stereocenters. The molecule has 0 saturated carbocycles. The molecule has 0 radical (unpaired) electrons. The average Bonchev–Trinajstić information content (AvgIpc) is 3.23. The first-order chi connectivity index (χ1) is 12.5. The molecule has 3 aromatic heterocycles. The van der Waals surface area contributed by atoms with Crippen LogP contribution in [0.25, 0.3) is 16.3 Å². The quantitative estimate of drug-likeness (QED) is 0.288. The summed E-state index contributed by atoms with van der Waals surface area (Å²) in [5, 5.41) is 13.7. The van der Waals surface area contributed by atoms with Gasteiger partial charge in [0.15, 0.2) is 5.16 Å². The number of rotatable bonds is 4. The molecule has 4 rings (SSSR count). The van der Waals surface area contributed by atoms with Crippen LogP contribution in [0, 0.1) is 10.1 Å². The number of nitro groups is 1. The maximum absolute atomic E-state index is 12.8. The van der Waals surface area contributed by atoms with Gasteiger partial charge >= 0.3 is 5.88 Å². The molecular weight excluding hydrogens is 374 g/mol. The van der Waals surface area contributed by atoms with E-state index in [0.29, 0.717) is 10.9 Å². The third-order valence-electron chi connectivity index (χ3n) is 4.35. The molecule has 1 aliphatic rings. The highest BCUT2D eigenvalue weighted by molar-refractivity contribution is 8.02. The second kappa shape index (κ2) is 6.73.